The number of methoxy groups -OCH3 is 1. The van der Waals surface area contributed by atoms with E-state index in [0.29, 0.717) is 0 Å². The Morgan fingerprint density at radius 2 is 2.16 bits per heavy atom. The first-order valence-corrected chi connectivity index (χ1v) is 7.12. The van der Waals surface area contributed by atoms with Gasteiger partial charge in [0.25, 0.3) is 0 Å². The van der Waals surface area contributed by atoms with Crippen LogP contribution in [0.15, 0.2) is 12.1 Å². The first kappa shape index (κ1) is 12.8. The van der Waals surface area contributed by atoms with Crippen LogP contribution in [0.4, 0.5) is 0 Å². The molecule has 1 aromatic rings. The Hall–Kier alpha value is -1.26. The van der Waals surface area contributed by atoms with Gasteiger partial charge in [0.1, 0.15) is 0 Å². The van der Waals surface area contributed by atoms with Crippen molar-refractivity contribution in [3.05, 3.63) is 23.3 Å². The van der Waals surface area contributed by atoms with Crippen LogP contribution >= 0.6 is 0 Å². The molecule has 1 saturated heterocycles. The van der Waals surface area contributed by atoms with Crippen molar-refractivity contribution in [3.8, 4) is 11.5 Å². The molecule has 1 aromatic carbocycles. The number of aryl methyl sites for hydroxylation is 1. The van der Waals surface area contributed by atoms with Crippen LogP contribution in [0.5, 0.6) is 11.5 Å². The molecule has 3 rings (SSSR count). The van der Waals surface area contributed by atoms with E-state index >= 15 is 0 Å². The van der Waals surface area contributed by atoms with Crippen LogP contribution < -0.4 is 14.8 Å². The van der Waals surface area contributed by atoms with Gasteiger partial charge >= 0.3 is 0 Å². The zero-order valence-electron chi connectivity index (χ0n) is 11.6. The highest BCUT2D eigenvalue weighted by Crippen LogP contribution is 2.36. The van der Waals surface area contributed by atoms with Crippen LogP contribution in [0.1, 0.15) is 17.5 Å². The maximum atomic E-state index is 5.74. The molecule has 0 spiro atoms. The number of benzene rings is 1. The summed E-state index contributed by atoms with van der Waals surface area (Å²) >= 11 is 0. The van der Waals surface area contributed by atoms with Crippen molar-refractivity contribution in [1.29, 1.82) is 0 Å². The zero-order valence-corrected chi connectivity index (χ0v) is 11.6. The van der Waals surface area contributed by atoms with Gasteiger partial charge in [0.15, 0.2) is 11.5 Å². The van der Waals surface area contributed by atoms with E-state index in [4.69, 9.17) is 9.47 Å². The van der Waals surface area contributed by atoms with Gasteiger partial charge in [0.2, 0.25) is 0 Å². The number of piperazine rings is 1. The Morgan fingerprint density at radius 3 is 2.95 bits per heavy atom. The van der Waals surface area contributed by atoms with Crippen LogP contribution in [-0.2, 0) is 13.0 Å². The second kappa shape index (κ2) is 5.80. The van der Waals surface area contributed by atoms with Crippen molar-refractivity contribution in [1.82, 2.24) is 10.2 Å². The van der Waals surface area contributed by atoms with E-state index in [9.17, 15) is 0 Å². The summed E-state index contributed by atoms with van der Waals surface area (Å²) in [6.07, 6.45) is 2.20. The molecule has 2 aliphatic heterocycles. The fourth-order valence-electron chi connectivity index (χ4n) is 2.88. The molecule has 0 aliphatic carbocycles. The summed E-state index contributed by atoms with van der Waals surface area (Å²) in [6, 6.07) is 4.42. The second-order valence-electron chi connectivity index (χ2n) is 5.26. The minimum absolute atomic E-state index is 0.806. The molecule has 2 heterocycles. The van der Waals surface area contributed by atoms with E-state index in [-0.39, 0.29) is 0 Å². The lowest BCUT2D eigenvalue weighted by Gasteiger charge is -2.28. The van der Waals surface area contributed by atoms with Gasteiger partial charge in [-0.05, 0) is 30.0 Å². The van der Waals surface area contributed by atoms with Gasteiger partial charge < -0.3 is 14.8 Å². The van der Waals surface area contributed by atoms with Crippen LogP contribution in [0, 0.1) is 0 Å². The number of fused-ring (bicyclic) bond motifs is 1. The van der Waals surface area contributed by atoms with Gasteiger partial charge in [0.05, 0.1) is 13.7 Å². The van der Waals surface area contributed by atoms with Crippen LogP contribution in [0.25, 0.3) is 0 Å². The lowest BCUT2D eigenvalue weighted by Crippen LogP contribution is -2.42. The Kier molecular flexibility index (Phi) is 3.89. The maximum Gasteiger partial charge on any atom is 0.164 e. The third kappa shape index (κ3) is 2.85. The third-order valence-electron chi connectivity index (χ3n) is 3.86. The molecule has 0 atom stereocenters. The van der Waals surface area contributed by atoms with E-state index in [2.05, 4.69) is 22.3 Å². The van der Waals surface area contributed by atoms with Gasteiger partial charge in [-0.15, -0.1) is 0 Å². The standard InChI is InChI=1S/C15H22N2O2/c1-18-14-10-12(11-17-6-4-16-5-7-17)9-13-3-2-8-19-15(13)14/h9-10,16H,2-8,11H2,1H3. The Labute approximate surface area is 114 Å². The minimum Gasteiger partial charge on any atom is -0.493 e. The molecule has 19 heavy (non-hydrogen) atoms. The maximum absolute atomic E-state index is 5.74. The Bertz CT molecular complexity index is 425. The topological polar surface area (TPSA) is 33.7 Å². The molecule has 0 aromatic heterocycles. The Morgan fingerprint density at radius 1 is 1.32 bits per heavy atom. The minimum atomic E-state index is 0.806. The van der Waals surface area contributed by atoms with Gasteiger partial charge in [-0.2, -0.15) is 0 Å². The van der Waals surface area contributed by atoms with Gasteiger partial charge in [0, 0.05) is 32.7 Å². The first-order valence-electron chi connectivity index (χ1n) is 7.12. The molecule has 104 valence electrons. The molecule has 0 saturated carbocycles. The Balaban J connectivity index is 1.81. The van der Waals surface area contributed by atoms with Crippen molar-refractivity contribution in [3.63, 3.8) is 0 Å². The highest BCUT2D eigenvalue weighted by molar-refractivity contribution is 5.50. The molecule has 0 unspecified atom stereocenters. The van der Waals surface area contributed by atoms with E-state index in [1.54, 1.807) is 7.11 Å². The highest BCUT2D eigenvalue weighted by Gasteiger charge is 2.18. The van der Waals surface area contributed by atoms with E-state index in [0.717, 1.165) is 63.7 Å². The van der Waals surface area contributed by atoms with Crippen molar-refractivity contribution in [2.45, 2.75) is 19.4 Å². The van der Waals surface area contributed by atoms with E-state index in [1.165, 1.54) is 11.1 Å². The van der Waals surface area contributed by atoms with E-state index in [1.807, 2.05) is 0 Å². The number of ether oxygens (including phenoxy) is 2. The van der Waals surface area contributed by atoms with Crippen molar-refractivity contribution in [2.75, 3.05) is 39.9 Å². The number of hydrogen-bond acceptors (Lipinski definition) is 4. The molecule has 0 amide bonds. The molecular formula is C15H22N2O2. The molecule has 2 aliphatic rings. The summed E-state index contributed by atoms with van der Waals surface area (Å²) in [4.78, 5) is 2.49. The second-order valence-corrected chi connectivity index (χ2v) is 5.26. The third-order valence-corrected chi connectivity index (χ3v) is 3.86. The average Bonchev–Trinajstić information content (AvgIpc) is 2.47. The summed E-state index contributed by atoms with van der Waals surface area (Å²) in [6.45, 7) is 6.23. The van der Waals surface area contributed by atoms with Gasteiger partial charge in [-0.25, -0.2) is 0 Å². The summed E-state index contributed by atoms with van der Waals surface area (Å²) in [5.41, 5.74) is 2.64. The number of hydrogen-bond donors (Lipinski definition) is 1. The number of nitrogens with one attached hydrogen (secondary N) is 1. The normalized spacial score (nSPS) is 19.6. The predicted octanol–water partition coefficient (Wildman–Crippen LogP) is 1.43. The monoisotopic (exact) mass is 262 g/mol. The van der Waals surface area contributed by atoms with Crippen LogP contribution in [0.3, 0.4) is 0 Å². The smallest absolute Gasteiger partial charge is 0.164 e. The van der Waals surface area contributed by atoms with Gasteiger partial charge in [-0.1, -0.05) is 6.07 Å². The molecule has 0 radical (unpaired) electrons. The van der Waals surface area contributed by atoms with Crippen LogP contribution in [-0.4, -0.2) is 44.8 Å². The largest absolute Gasteiger partial charge is 0.493 e. The van der Waals surface area contributed by atoms with Crippen molar-refractivity contribution >= 4 is 0 Å². The lowest BCUT2D eigenvalue weighted by molar-refractivity contribution is 0.231. The van der Waals surface area contributed by atoms with E-state index < -0.39 is 0 Å². The average molecular weight is 262 g/mol. The number of nitrogens with zero attached hydrogens (tertiary/aromatic N) is 1. The van der Waals surface area contributed by atoms with Crippen molar-refractivity contribution in [2.24, 2.45) is 0 Å². The van der Waals surface area contributed by atoms with Crippen molar-refractivity contribution < 1.29 is 9.47 Å². The number of rotatable bonds is 3. The first-order chi connectivity index (χ1) is 9.36. The quantitative estimate of drug-likeness (QED) is 0.893. The fourth-order valence-corrected chi connectivity index (χ4v) is 2.88. The molecule has 4 heteroatoms. The summed E-state index contributed by atoms with van der Waals surface area (Å²) < 4.78 is 11.2. The summed E-state index contributed by atoms with van der Waals surface area (Å²) in [5, 5.41) is 3.39. The lowest BCUT2D eigenvalue weighted by atomic mass is 10.0. The molecule has 4 nitrogen and oxygen atoms in total. The highest BCUT2D eigenvalue weighted by atomic mass is 16.5. The summed E-state index contributed by atoms with van der Waals surface area (Å²) in [5.74, 6) is 1.85. The molecular weight excluding hydrogens is 240 g/mol. The van der Waals surface area contributed by atoms with Gasteiger partial charge in [-0.3, -0.25) is 4.90 Å². The zero-order chi connectivity index (χ0) is 13.1. The van der Waals surface area contributed by atoms with Crippen LogP contribution in [0.2, 0.25) is 0 Å². The summed E-state index contributed by atoms with van der Waals surface area (Å²) in [7, 11) is 1.72. The fraction of sp³-hybridized carbons (Fsp3) is 0.600. The molecule has 1 fully saturated rings. The molecule has 0 bridgehead atoms. The predicted molar refractivity (Wildman–Crippen MR) is 75.0 cm³/mol. The molecule has 1 N–H and O–H groups in total. The SMILES string of the molecule is COc1cc(CN2CCNCC2)cc2c1OCCC2.